The van der Waals surface area contributed by atoms with E-state index in [4.69, 9.17) is 0 Å². The van der Waals surface area contributed by atoms with Gasteiger partial charge in [0.15, 0.2) is 0 Å². The molecule has 0 aliphatic heterocycles. The van der Waals surface area contributed by atoms with Gasteiger partial charge >= 0.3 is 29.0 Å². The van der Waals surface area contributed by atoms with Crippen LogP contribution in [0.5, 0.6) is 0 Å². The minimum Gasteiger partial charge on any atom is -1.00 e. The molecular formula is C20H43MgNO2. The van der Waals surface area contributed by atoms with Crippen molar-refractivity contribution in [3.05, 3.63) is 0 Å². The maximum atomic E-state index is 10.5. The van der Waals surface area contributed by atoms with Gasteiger partial charge in [-0.1, -0.05) is 103 Å². The Balaban J connectivity index is -0.000000807. The van der Waals surface area contributed by atoms with Gasteiger partial charge in [0.2, 0.25) is 0 Å². The number of hydrogen-bond acceptors (Lipinski definition) is 3. The Hall–Kier alpha value is 0.196. The van der Waals surface area contributed by atoms with Gasteiger partial charge in [0.1, 0.15) is 0 Å². The number of nitrogens with one attached hydrogen (secondary N) is 1. The van der Waals surface area contributed by atoms with Gasteiger partial charge in [0, 0.05) is 13.5 Å². The number of unbranched alkanes of at least 4 members (excludes halogenated alkanes) is 15. The van der Waals surface area contributed by atoms with Gasteiger partial charge in [0.05, 0.1) is 0 Å². The summed E-state index contributed by atoms with van der Waals surface area (Å²) in [6.45, 7) is 4.47. The van der Waals surface area contributed by atoms with E-state index in [2.05, 4.69) is 17.2 Å². The van der Waals surface area contributed by atoms with Crippen LogP contribution in [0.25, 0.3) is 0 Å². The van der Waals surface area contributed by atoms with Crippen LogP contribution < -0.4 is 5.48 Å². The fraction of sp³-hybridized carbons (Fsp3) is 0.950. The van der Waals surface area contributed by atoms with E-state index in [9.17, 15) is 4.79 Å². The Kier molecular flexibility index (Phi) is 25.5. The number of hydroxylamine groups is 1. The third-order valence-electron chi connectivity index (χ3n) is 4.35. The van der Waals surface area contributed by atoms with Gasteiger partial charge in [0.25, 0.3) is 0 Å². The van der Waals surface area contributed by atoms with Gasteiger partial charge in [-0.05, 0) is 6.42 Å². The van der Waals surface area contributed by atoms with Crippen molar-refractivity contribution in [2.45, 2.75) is 117 Å². The molecule has 24 heavy (non-hydrogen) atoms. The zero-order valence-electron chi connectivity index (χ0n) is 18.5. The Bertz CT molecular complexity index is 260. The summed E-state index contributed by atoms with van der Waals surface area (Å²) in [5.41, 5.74) is 2.68. The minimum atomic E-state index is -0.263. The molecule has 0 atom stereocenters. The molecule has 0 aromatic carbocycles. The fourth-order valence-corrected chi connectivity index (χ4v) is 2.90. The summed E-state index contributed by atoms with van der Waals surface area (Å²) >= 11 is 0. The number of carbonyl (C=O) groups excluding carboxylic acids is 1. The summed E-state index contributed by atoms with van der Waals surface area (Å²) in [6.07, 6.45) is 22.1. The molecule has 0 fully saturated rings. The van der Waals surface area contributed by atoms with Gasteiger partial charge in [-0.3, -0.25) is 4.79 Å². The van der Waals surface area contributed by atoms with Crippen molar-refractivity contribution in [3.8, 4) is 0 Å². The second-order valence-corrected chi connectivity index (χ2v) is 6.79. The molecule has 0 saturated heterocycles. The van der Waals surface area contributed by atoms with Crippen molar-refractivity contribution in [2.24, 2.45) is 0 Å². The molecule has 0 unspecified atom stereocenters. The molecule has 0 aromatic rings. The van der Waals surface area contributed by atoms with Crippen LogP contribution in [-0.4, -0.2) is 35.6 Å². The number of hydrogen-bond donors (Lipinski definition) is 1. The average molecular weight is 354 g/mol. The van der Waals surface area contributed by atoms with Crippen LogP contribution in [0.1, 0.15) is 119 Å². The van der Waals surface area contributed by atoms with Crippen LogP contribution in [0.15, 0.2) is 0 Å². The molecule has 0 spiro atoms. The first-order valence-electron chi connectivity index (χ1n) is 10.2. The van der Waals surface area contributed by atoms with Crippen LogP contribution in [0, 0.1) is 0 Å². The van der Waals surface area contributed by atoms with Crippen LogP contribution in [0.4, 0.5) is 0 Å². The van der Waals surface area contributed by atoms with Gasteiger partial charge in [-0.25, -0.2) is 0 Å². The van der Waals surface area contributed by atoms with E-state index >= 15 is 0 Å². The van der Waals surface area contributed by atoms with E-state index in [0.29, 0.717) is 0 Å². The van der Waals surface area contributed by atoms with Crippen molar-refractivity contribution in [1.29, 1.82) is 0 Å². The van der Waals surface area contributed by atoms with Crippen molar-refractivity contribution >= 4 is 29.0 Å². The molecule has 4 heteroatoms. The molecule has 0 heterocycles. The van der Waals surface area contributed by atoms with E-state index in [0.717, 1.165) is 13.0 Å². The summed E-state index contributed by atoms with van der Waals surface area (Å²) in [6, 6.07) is 0. The quantitative estimate of drug-likeness (QED) is 0.182. The smallest absolute Gasteiger partial charge is 1.00 e. The van der Waals surface area contributed by atoms with Gasteiger partial charge in [-0.15, -0.1) is 0 Å². The number of rotatable bonds is 18. The second kappa shape index (κ2) is 23.2. The Morgan fingerprint density at radius 2 is 1.04 bits per heavy atom. The summed E-state index contributed by atoms with van der Waals surface area (Å²) in [5.74, 6) is -0.263. The molecule has 142 valence electrons. The molecule has 0 aliphatic carbocycles. The van der Waals surface area contributed by atoms with E-state index in [-0.39, 0.29) is 31.9 Å². The molecule has 0 amide bonds. The first-order chi connectivity index (χ1) is 11.3. The van der Waals surface area contributed by atoms with Gasteiger partial charge < -0.3 is 7.69 Å². The van der Waals surface area contributed by atoms with Crippen molar-refractivity contribution in [2.75, 3.05) is 6.54 Å². The Morgan fingerprint density at radius 1 is 0.708 bits per heavy atom. The maximum Gasteiger partial charge on any atom is 2.00 e. The van der Waals surface area contributed by atoms with Crippen molar-refractivity contribution < 1.29 is 12.5 Å². The van der Waals surface area contributed by atoms with E-state index < -0.39 is 0 Å². The fourth-order valence-electron chi connectivity index (χ4n) is 2.90. The van der Waals surface area contributed by atoms with E-state index in [1.54, 1.807) is 0 Å². The molecule has 0 saturated carbocycles. The third-order valence-corrected chi connectivity index (χ3v) is 4.35. The van der Waals surface area contributed by atoms with Crippen molar-refractivity contribution in [1.82, 2.24) is 5.48 Å². The average Bonchev–Trinajstić information content (AvgIpc) is 2.53. The molecule has 0 aliphatic rings. The van der Waals surface area contributed by atoms with Crippen LogP contribution in [-0.2, 0) is 9.63 Å². The molecular weight excluding hydrogens is 311 g/mol. The first kappa shape index (κ1) is 26.4. The van der Waals surface area contributed by atoms with E-state index in [1.165, 1.54) is 103 Å². The summed E-state index contributed by atoms with van der Waals surface area (Å²) < 4.78 is 0. The zero-order chi connectivity index (χ0) is 17.0. The van der Waals surface area contributed by atoms with Crippen LogP contribution in [0.3, 0.4) is 0 Å². The predicted octanol–water partition coefficient (Wildman–Crippen LogP) is 6.16. The summed E-state index contributed by atoms with van der Waals surface area (Å²) in [4.78, 5) is 15.2. The molecule has 0 bridgehead atoms. The van der Waals surface area contributed by atoms with Gasteiger partial charge in [-0.2, -0.15) is 5.48 Å². The molecule has 0 radical (unpaired) electrons. The Morgan fingerprint density at radius 3 is 1.38 bits per heavy atom. The molecule has 3 nitrogen and oxygen atoms in total. The topological polar surface area (TPSA) is 38.3 Å². The van der Waals surface area contributed by atoms with Crippen LogP contribution >= 0.6 is 0 Å². The predicted molar refractivity (Wildman–Crippen MR) is 107 cm³/mol. The standard InChI is InChI=1S/C20H41NO2.Mg.2H/c1-3-4-5-6-7-8-9-10-11-12-13-14-15-16-17-18-19-21-23-20(2)22;;;/h21H,3-19H2,1-2H3;;;/q;+2;2*-1. The first-order valence-corrected chi connectivity index (χ1v) is 10.2. The normalized spacial score (nSPS) is 10.4. The third kappa shape index (κ3) is 24.4. The Labute approximate surface area is 170 Å². The largest absolute Gasteiger partial charge is 2.00 e. The second-order valence-electron chi connectivity index (χ2n) is 6.79. The number of carbonyl (C=O) groups is 1. The monoisotopic (exact) mass is 353 g/mol. The summed E-state index contributed by atoms with van der Waals surface area (Å²) in [5, 5.41) is 0. The van der Waals surface area contributed by atoms with Crippen molar-refractivity contribution in [3.63, 3.8) is 0 Å². The van der Waals surface area contributed by atoms with E-state index in [1.807, 2.05) is 0 Å². The zero-order valence-corrected chi connectivity index (χ0v) is 18.0. The SMILES string of the molecule is CCCCCCCCCCCCCCCCCCNOC(C)=O.[H-].[H-].[Mg+2]. The molecule has 1 N–H and O–H groups in total. The maximum absolute atomic E-state index is 10.5. The minimum absolute atomic E-state index is 0. The summed E-state index contributed by atoms with van der Waals surface area (Å²) in [7, 11) is 0. The van der Waals surface area contributed by atoms with Crippen LogP contribution in [0.2, 0.25) is 0 Å². The molecule has 0 aromatic heterocycles. The molecule has 0 rings (SSSR count).